The van der Waals surface area contributed by atoms with Gasteiger partial charge in [0.2, 0.25) is 5.16 Å². The average molecular weight is 406 g/mol. The van der Waals surface area contributed by atoms with E-state index in [2.05, 4.69) is 20.5 Å². The van der Waals surface area contributed by atoms with Gasteiger partial charge in [-0.3, -0.25) is 10.1 Å². The summed E-state index contributed by atoms with van der Waals surface area (Å²) in [5.74, 6) is 0. The van der Waals surface area contributed by atoms with Gasteiger partial charge in [0.1, 0.15) is 0 Å². The Balaban J connectivity index is 1.55. The average Bonchev–Trinajstić information content (AvgIpc) is 3.33. The molecule has 136 valence electrons. The maximum Gasteiger partial charge on any atom is 0.270 e. The van der Waals surface area contributed by atoms with Crippen molar-refractivity contribution in [1.29, 1.82) is 0 Å². The molecule has 0 aliphatic heterocycles. The molecule has 0 N–H and O–H groups in total. The number of benzene rings is 3. The normalized spacial score (nSPS) is 11.3. The van der Waals surface area contributed by atoms with Crippen molar-refractivity contribution in [3.63, 3.8) is 0 Å². The van der Waals surface area contributed by atoms with Crippen LogP contribution in [0.2, 0.25) is 0 Å². The van der Waals surface area contributed by atoms with Crippen LogP contribution in [0, 0.1) is 10.1 Å². The summed E-state index contributed by atoms with van der Waals surface area (Å²) in [6, 6.07) is 18.6. The fourth-order valence-electron chi connectivity index (χ4n) is 2.91. The molecule has 0 saturated heterocycles. The van der Waals surface area contributed by atoms with E-state index in [4.69, 9.17) is 0 Å². The van der Waals surface area contributed by atoms with E-state index in [0.717, 1.165) is 21.2 Å². The highest BCUT2D eigenvalue weighted by molar-refractivity contribution is 8.01. The van der Waals surface area contributed by atoms with Crippen LogP contribution in [-0.4, -0.2) is 30.1 Å². The lowest BCUT2D eigenvalue weighted by atomic mass is 10.1. The van der Waals surface area contributed by atoms with Crippen LogP contribution in [0.5, 0.6) is 0 Å². The lowest BCUT2D eigenvalue weighted by Crippen LogP contribution is -1.99. The third-order valence-electron chi connectivity index (χ3n) is 4.18. The van der Waals surface area contributed by atoms with Crippen LogP contribution in [0.15, 0.2) is 70.2 Å². The molecular weight excluding hydrogens is 396 g/mol. The van der Waals surface area contributed by atoms with Gasteiger partial charge in [-0.25, -0.2) is 4.98 Å². The van der Waals surface area contributed by atoms with Crippen molar-refractivity contribution in [3.05, 3.63) is 70.8 Å². The minimum absolute atomic E-state index is 0.0493. The fraction of sp³-hybridized carbons (Fsp3) is 0. The van der Waals surface area contributed by atoms with E-state index in [1.807, 2.05) is 42.5 Å². The predicted octanol–water partition coefficient (Wildman–Crippen LogP) is 4.48. The molecule has 0 atom stereocenters. The van der Waals surface area contributed by atoms with Crippen LogP contribution in [-0.2, 0) is 0 Å². The first-order chi connectivity index (χ1) is 13.7. The highest BCUT2D eigenvalue weighted by atomic mass is 32.2. The first-order valence-electron chi connectivity index (χ1n) is 8.18. The molecule has 28 heavy (non-hydrogen) atoms. The van der Waals surface area contributed by atoms with Gasteiger partial charge in [0.15, 0.2) is 4.34 Å². The highest BCUT2D eigenvalue weighted by Crippen LogP contribution is 2.35. The molecule has 5 aromatic rings. The number of hydrogen-bond donors (Lipinski definition) is 0. The van der Waals surface area contributed by atoms with E-state index < -0.39 is 4.92 Å². The van der Waals surface area contributed by atoms with E-state index in [1.165, 1.54) is 35.2 Å². The smallest absolute Gasteiger partial charge is 0.258 e. The van der Waals surface area contributed by atoms with Crippen molar-refractivity contribution in [2.45, 2.75) is 9.50 Å². The molecular formula is C18H10N6O2S2. The molecule has 2 heterocycles. The van der Waals surface area contributed by atoms with Gasteiger partial charge in [-0.1, -0.05) is 36.4 Å². The van der Waals surface area contributed by atoms with Crippen molar-refractivity contribution in [2.75, 3.05) is 0 Å². The number of non-ortho nitro benzene ring substituents is 1. The van der Waals surface area contributed by atoms with Gasteiger partial charge in [0.25, 0.3) is 5.69 Å². The Hall–Kier alpha value is -3.37. The van der Waals surface area contributed by atoms with Crippen LogP contribution < -0.4 is 0 Å². The maximum absolute atomic E-state index is 11.0. The topological polar surface area (TPSA) is 99.6 Å². The highest BCUT2D eigenvalue weighted by Gasteiger charge is 2.16. The third kappa shape index (κ3) is 2.88. The number of hydrogen-bond acceptors (Lipinski definition) is 8. The number of aromatic nitrogens is 5. The lowest BCUT2D eigenvalue weighted by Gasteiger charge is -2.07. The Morgan fingerprint density at radius 1 is 1.07 bits per heavy atom. The summed E-state index contributed by atoms with van der Waals surface area (Å²) in [7, 11) is 0. The van der Waals surface area contributed by atoms with Crippen LogP contribution in [0.1, 0.15) is 0 Å². The molecule has 3 aromatic carbocycles. The molecule has 0 aliphatic carbocycles. The second-order valence-electron chi connectivity index (χ2n) is 5.86. The molecule has 0 spiro atoms. The standard InChI is InChI=1S/C18H10N6O2S2/c25-24(26)12-8-9-14-16(10-12)27-18(19-14)28-17-20-21-22-23(17)15-7-3-5-11-4-1-2-6-13(11)15/h1-10H. The van der Waals surface area contributed by atoms with E-state index in [-0.39, 0.29) is 5.69 Å². The number of tetrazole rings is 1. The Bertz CT molecular complexity index is 1340. The number of thiazole rings is 1. The summed E-state index contributed by atoms with van der Waals surface area (Å²) < 4.78 is 3.15. The van der Waals surface area contributed by atoms with Crippen LogP contribution >= 0.6 is 23.1 Å². The van der Waals surface area contributed by atoms with Gasteiger partial charge < -0.3 is 0 Å². The zero-order valence-corrected chi connectivity index (χ0v) is 15.7. The van der Waals surface area contributed by atoms with Gasteiger partial charge in [-0.2, -0.15) is 4.68 Å². The van der Waals surface area contributed by atoms with Crippen molar-refractivity contribution in [3.8, 4) is 5.69 Å². The van der Waals surface area contributed by atoms with E-state index in [1.54, 1.807) is 10.7 Å². The second-order valence-corrected chi connectivity index (χ2v) is 8.11. The maximum atomic E-state index is 11.0. The number of nitrogens with zero attached hydrogens (tertiary/aromatic N) is 6. The molecule has 10 heteroatoms. The molecule has 2 aromatic heterocycles. The first-order valence-corrected chi connectivity index (χ1v) is 9.82. The van der Waals surface area contributed by atoms with E-state index in [0.29, 0.717) is 15.0 Å². The molecule has 0 radical (unpaired) electrons. The van der Waals surface area contributed by atoms with Crippen LogP contribution in [0.25, 0.3) is 26.7 Å². The summed E-state index contributed by atoms with van der Waals surface area (Å²) in [6.07, 6.45) is 0. The summed E-state index contributed by atoms with van der Waals surface area (Å²) in [5, 5.41) is 25.8. The second kappa shape index (κ2) is 6.66. The molecule has 8 nitrogen and oxygen atoms in total. The third-order valence-corrected chi connectivity index (χ3v) is 6.19. The van der Waals surface area contributed by atoms with Gasteiger partial charge in [-0.05, 0) is 39.7 Å². The van der Waals surface area contributed by atoms with Crippen LogP contribution in [0.4, 0.5) is 5.69 Å². The molecule has 0 fully saturated rings. The number of fused-ring (bicyclic) bond motifs is 2. The Morgan fingerprint density at radius 3 is 2.82 bits per heavy atom. The molecule has 0 saturated carbocycles. The minimum atomic E-state index is -0.410. The van der Waals surface area contributed by atoms with Crippen molar-refractivity contribution < 1.29 is 4.92 Å². The number of rotatable bonds is 4. The summed E-state index contributed by atoms with van der Waals surface area (Å²) in [5.41, 5.74) is 1.64. The van der Waals surface area contributed by atoms with Gasteiger partial charge >= 0.3 is 0 Å². The summed E-state index contributed by atoms with van der Waals surface area (Å²) in [4.78, 5) is 15.1. The van der Waals surface area contributed by atoms with Crippen LogP contribution in [0.3, 0.4) is 0 Å². The number of nitro benzene ring substituents is 1. The number of nitro groups is 1. The predicted molar refractivity (Wildman–Crippen MR) is 107 cm³/mol. The molecule has 0 amide bonds. The zero-order valence-electron chi connectivity index (χ0n) is 14.1. The summed E-state index contributed by atoms with van der Waals surface area (Å²) >= 11 is 2.70. The zero-order chi connectivity index (χ0) is 19.1. The SMILES string of the molecule is O=[N+]([O-])c1ccc2nc(Sc3nnnn3-c3cccc4ccccc34)sc2c1. The molecule has 5 rings (SSSR count). The van der Waals surface area contributed by atoms with Gasteiger partial charge in [0.05, 0.1) is 20.8 Å². The fourth-order valence-corrected chi connectivity index (χ4v) is 4.90. The first kappa shape index (κ1) is 16.8. The van der Waals surface area contributed by atoms with Gasteiger partial charge in [0, 0.05) is 17.5 Å². The van der Waals surface area contributed by atoms with Crippen molar-refractivity contribution in [1.82, 2.24) is 25.2 Å². The van der Waals surface area contributed by atoms with Gasteiger partial charge in [-0.15, -0.1) is 16.4 Å². The molecule has 0 bridgehead atoms. The molecule has 0 unspecified atom stereocenters. The quantitative estimate of drug-likeness (QED) is 0.320. The minimum Gasteiger partial charge on any atom is -0.258 e. The Labute approximate surface area is 166 Å². The Morgan fingerprint density at radius 2 is 1.93 bits per heavy atom. The van der Waals surface area contributed by atoms with E-state index >= 15 is 0 Å². The van der Waals surface area contributed by atoms with Crippen molar-refractivity contribution >= 4 is 49.8 Å². The molecule has 0 aliphatic rings. The Kier molecular flexibility index (Phi) is 3.99. The lowest BCUT2D eigenvalue weighted by molar-refractivity contribution is -0.384. The largest absolute Gasteiger partial charge is 0.270 e. The van der Waals surface area contributed by atoms with E-state index in [9.17, 15) is 10.1 Å². The van der Waals surface area contributed by atoms with Crippen molar-refractivity contribution in [2.24, 2.45) is 0 Å². The summed E-state index contributed by atoms with van der Waals surface area (Å²) in [6.45, 7) is 0. The monoisotopic (exact) mass is 406 g/mol.